The van der Waals surface area contributed by atoms with Crippen molar-refractivity contribution in [1.82, 2.24) is 19.9 Å². The molecule has 3 N–H and O–H groups in total. The Kier molecular flexibility index (Phi) is 5.93. The molecular weight excluding hydrogens is 390 g/mol. The minimum absolute atomic E-state index is 0.0440. The standard InChI is InChI=1S/C24H29N5O2/c1-15(2)8-6-9-16(3)26-24(30)20-21-23(28-19-12-5-4-11-18(19)27-21)29(22(20)25)14-17-10-7-13-31-17/h4-5,7,10-13,15-16H,6,8-9,14,25H2,1-3H3,(H,26,30)/t16-/m0/s1. The van der Waals surface area contributed by atoms with Gasteiger partial charge >= 0.3 is 0 Å². The van der Waals surface area contributed by atoms with E-state index in [2.05, 4.69) is 19.2 Å². The van der Waals surface area contributed by atoms with Crippen molar-refractivity contribution < 1.29 is 9.21 Å². The van der Waals surface area contributed by atoms with Crippen LogP contribution in [0.4, 0.5) is 5.82 Å². The largest absolute Gasteiger partial charge is 0.467 e. The Labute approximate surface area is 181 Å². The number of carbonyl (C=O) groups is 1. The van der Waals surface area contributed by atoms with Crippen molar-refractivity contribution in [2.24, 2.45) is 5.92 Å². The van der Waals surface area contributed by atoms with Gasteiger partial charge in [0.05, 0.1) is 23.8 Å². The first-order chi connectivity index (χ1) is 14.9. The molecule has 4 rings (SSSR count). The van der Waals surface area contributed by atoms with E-state index in [1.54, 1.807) is 10.8 Å². The van der Waals surface area contributed by atoms with E-state index in [-0.39, 0.29) is 11.9 Å². The quantitative estimate of drug-likeness (QED) is 0.429. The van der Waals surface area contributed by atoms with Crippen LogP contribution in [0.5, 0.6) is 0 Å². The lowest BCUT2D eigenvalue weighted by Crippen LogP contribution is -2.33. The molecule has 0 radical (unpaired) electrons. The van der Waals surface area contributed by atoms with E-state index in [1.165, 1.54) is 0 Å². The molecule has 0 spiro atoms. The predicted octanol–water partition coefficient (Wildman–Crippen LogP) is 4.75. The number of nitrogens with zero attached hydrogens (tertiary/aromatic N) is 3. The van der Waals surface area contributed by atoms with E-state index in [1.807, 2.05) is 43.3 Å². The Morgan fingerprint density at radius 3 is 2.52 bits per heavy atom. The molecule has 1 aromatic carbocycles. The Morgan fingerprint density at radius 2 is 1.84 bits per heavy atom. The summed E-state index contributed by atoms with van der Waals surface area (Å²) >= 11 is 0. The summed E-state index contributed by atoms with van der Waals surface area (Å²) < 4.78 is 7.30. The van der Waals surface area contributed by atoms with Crippen LogP contribution in [-0.2, 0) is 6.54 Å². The van der Waals surface area contributed by atoms with Gasteiger partial charge in [0.15, 0.2) is 5.65 Å². The average Bonchev–Trinajstić information content (AvgIpc) is 3.33. The fourth-order valence-corrected chi connectivity index (χ4v) is 3.86. The van der Waals surface area contributed by atoms with Crippen molar-refractivity contribution in [1.29, 1.82) is 0 Å². The molecule has 0 bridgehead atoms. The summed E-state index contributed by atoms with van der Waals surface area (Å²) in [6, 6.07) is 11.3. The number of nitrogens with one attached hydrogen (secondary N) is 1. The van der Waals surface area contributed by atoms with Crippen LogP contribution in [0.3, 0.4) is 0 Å². The van der Waals surface area contributed by atoms with Gasteiger partial charge in [0.25, 0.3) is 5.91 Å². The molecule has 0 aliphatic carbocycles. The molecule has 3 aromatic heterocycles. The van der Waals surface area contributed by atoms with Crippen LogP contribution < -0.4 is 11.1 Å². The Morgan fingerprint density at radius 1 is 1.10 bits per heavy atom. The second-order valence-corrected chi connectivity index (χ2v) is 8.51. The topological polar surface area (TPSA) is 99.0 Å². The number of carbonyl (C=O) groups excluding carboxylic acids is 1. The van der Waals surface area contributed by atoms with E-state index >= 15 is 0 Å². The predicted molar refractivity (Wildman–Crippen MR) is 123 cm³/mol. The number of fused-ring (bicyclic) bond motifs is 2. The molecule has 31 heavy (non-hydrogen) atoms. The van der Waals surface area contributed by atoms with Crippen molar-refractivity contribution >= 4 is 33.9 Å². The molecule has 7 heteroatoms. The molecule has 4 aromatic rings. The molecule has 0 saturated heterocycles. The third-order valence-corrected chi connectivity index (χ3v) is 5.51. The van der Waals surface area contributed by atoms with E-state index in [4.69, 9.17) is 20.1 Å². The zero-order valence-electron chi connectivity index (χ0n) is 18.3. The summed E-state index contributed by atoms with van der Waals surface area (Å²) in [5, 5.41) is 3.10. The number of furan rings is 1. The van der Waals surface area contributed by atoms with Gasteiger partial charge in [0.1, 0.15) is 22.7 Å². The first-order valence-corrected chi connectivity index (χ1v) is 10.8. The fraction of sp³-hybridized carbons (Fsp3) is 0.375. The number of amides is 1. The lowest BCUT2D eigenvalue weighted by Gasteiger charge is -2.14. The molecule has 0 saturated carbocycles. The molecule has 1 atom stereocenters. The van der Waals surface area contributed by atoms with E-state index in [9.17, 15) is 4.79 Å². The molecule has 0 fully saturated rings. The lowest BCUT2D eigenvalue weighted by atomic mass is 10.0. The molecular formula is C24H29N5O2. The van der Waals surface area contributed by atoms with E-state index in [0.29, 0.717) is 35.0 Å². The first kappa shape index (κ1) is 20.9. The van der Waals surface area contributed by atoms with Gasteiger partial charge in [0, 0.05) is 6.04 Å². The maximum absolute atomic E-state index is 13.2. The zero-order valence-corrected chi connectivity index (χ0v) is 18.3. The van der Waals surface area contributed by atoms with Gasteiger partial charge in [-0.3, -0.25) is 4.79 Å². The van der Waals surface area contributed by atoms with Gasteiger partial charge in [-0.05, 0) is 43.5 Å². The third-order valence-electron chi connectivity index (χ3n) is 5.51. The van der Waals surface area contributed by atoms with Gasteiger partial charge in [0.2, 0.25) is 0 Å². The molecule has 1 amide bonds. The van der Waals surface area contributed by atoms with Crippen molar-refractivity contribution in [3.63, 3.8) is 0 Å². The summed E-state index contributed by atoms with van der Waals surface area (Å²) in [6.07, 6.45) is 4.75. The van der Waals surface area contributed by atoms with Crippen LogP contribution in [-0.4, -0.2) is 26.5 Å². The number of hydrogen-bond donors (Lipinski definition) is 2. The monoisotopic (exact) mass is 419 g/mol. The highest BCUT2D eigenvalue weighted by Crippen LogP contribution is 2.29. The number of para-hydroxylation sites is 2. The molecule has 0 aliphatic heterocycles. The van der Waals surface area contributed by atoms with Gasteiger partial charge < -0.3 is 20.0 Å². The minimum atomic E-state index is -0.220. The Bertz CT molecular complexity index is 1190. The third kappa shape index (κ3) is 4.40. The van der Waals surface area contributed by atoms with Crippen molar-refractivity contribution in [3.05, 3.63) is 54.0 Å². The SMILES string of the molecule is CC(C)CCC[C@H](C)NC(=O)c1c(N)n(Cc2ccco2)c2nc3ccccc3nc12. The smallest absolute Gasteiger partial charge is 0.257 e. The van der Waals surface area contributed by atoms with Crippen molar-refractivity contribution in [2.45, 2.75) is 52.6 Å². The highest BCUT2D eigenvalue weighted by molar-refractivity contribution is 6.10. The number of anilines is 1. The number of hydrogen-bond acceptors (Lipinski definition) is 5. The maximum Gasteiger partial charge on any atom is 0.257 e. The van der Waals surface area contributed by atoms with Crippen molar-refractivity contribution in [2.75, 3.05) is 5.73 Å². The van der Waals surface area contributed by atoms with Crippen LogP contribution >= 0.6 is 0 Å². The minimum Gasteiger partial charge on any atom is -0.467 e. The Balaban J connectivity index is 1.72. The highest BCUT2D eigenvalue weighted by atomic mass is 16.3. The van der Waals surface area contributed by atoms with Gasteiger partial charge in [-0.2, -0.15) is 0 Å². The average molecular weight is 420 g/mol. The number of nitrogens with two attached hydrogens (primary N) is 1. The number of aromatic nitrogens is 3. The molecule has 3 heterocycles. The first-order valence-electron chi connectivity index (χ1n) is 10.8. The number of nitrogen functional groups attached to an aromatic ring is 1. The summed E-state index contributed by atoms with van der Waals surface area (Å²) in [7, 11) is 0. The highest BCUT2D eigenvalue weighted by Gasteiger charge is 2.25. The summed E-state index contributed by atoms with van der Waals surface area (Å²) in [4.78, 5) is 22.8. The van der Waals surface area contributed by atoms with Gasteiger partial charge in [-0.15, -0.1) is 0 Å². The summed E-state index contributed by atoms with van der Waals surface area (Å²) in [6.45, 7) is 6.82. The van der Waals surface area contributed by atoms with Crippen molar-refractivity contribution in [3.8, 4) is 0 Å². The molecule has 0 aliphatic rings. The van der Waals surface area contributed by atoms with Crippen LogP contribution in [0.2, 0.25) is 0 Å². The van der Waals surface area contributed by atoms with Crippen LogP contribution in [0.1, 0.15) is 56.2 Å². The summed E-state index contributed by atoms with van der Waals surface area (Å²) in [5.41, 5.74) is 9.42. The van der Waals surface area contributed by atoms with Gasteiger partial charge in [-0.25, -0.2) is 9.97 Å². The second-order valence-electron chi connectivity index (χ2n) is 8.51. The van der Waals surface area contributed by atoms with E-state index in [0.717, 1.165) is 36.1 Å². The van der Waals surface area contributed by atoms with Crippen LogP contribution in [0, 0.1) is 5.92 Å². The number of benzene rings is 1. The Hall–Kier alpha value is -3.35. The second kappa shape index (κ2) is 8.79. The van der Waals surface area contributed by atoms with Gasteiger partial charge in [-0.1, -0.05) is 38.8 Å². The van der Waals surface area contributed by atoms with Crippen LogP contribution in [0.15, 0.2) is 47.1 Å². The molecule has 7 nitrogen and oxygen atoms in total. The number of rotatable bonds is 8. The molecule has 162 valence electrons. The fourth-order valence-electron chi connectivity index (χ4n) is 3.86. The normalized spacial score (nSPS) is 12.6. The zero-order chi connectivity index (χ0) is 22.0. The summed E-state index contributed by atoms with van der Waals surface area (Å²) in [5.74, 6) is 1.50. The molecule has 0 unspecified atom stereocenters. The van der Waals surface area contributed by atoms with E-state index < -0.39 is 0 Å². The lowest BCUT2D eigenvalue weighted by molar-refractivity contribution is 0.0940. The van der Waals surface area contributed by atoms with Crippen LogP contribution in [0.25, 0.3) is 22.2 Å². The maximum atomic E-state index is 13.2.